The molecule has 0 radical (unpaired) electrons. The molecule has 0 spiro atoms. The molecule has 1 aliphatic rings. The van der Waals surface area contributed by atoms with E-state index in [-0.39, 0.29) is 14.1 Å². The predicted octanol–water partition coefficient (Wildman–Crippen LogP) is 2.62. The Balaban J connectivity index is 1.88. The summed E-state index contributed by atoms with van der Waals surface area (Å²) in [5.41, 5.74) is 0. The van der Waals surface area contributed by atoms with Crippen molar-refractivity contribution in [2.24, 2.45) is 0 Å². The van der Waals surface area contributed by atoms with Crippen LogP contribution >= 0.6 is 0 Å². The van der Waals surface area contributed by atoms with Gasteiger partial charge >= 0.3 is 0 Å². The van der Waals surface area contributed by atoms with Crippen molar-refractivity contribution in [2.45, 2.75) is 41.5 Å². The molecule has 1 saturated heterocycles. The minimum atomic E-state index is -0.162. The van der Waals surface area contributed by atoms with Gasteiger partial charge < -0.3 is 4.90 Å². The van der Waals surface area contributed by atoms with Crippen LogP contribution in [0, 0.1) is 0 Å². The topological polar surface area (TPSA) is 3.24 Å². The minimum absolute atomic E-state index is 0.162. The van der Waals surface area contributed by atoms with Crippen LogP contribution in [0.1, 0.15) is 25.7 Å². The second kappa shape index (κ2) is 6.02. The third-order valence-electron chi connectivity index (χ3n) is 2.94. The van der Waals surface area contributed by atoms with Crippen LogP contribution in [-0.2, 0) is 0 Å². The lowest BCUT2D eigenvalue weighted by Crippen LogP contribution is -2.13. The van der Waals surface area contributed by atoms with Crippen molar-refractivity contribution in [1.29, 1.82) is 0 Å². The van der Waals surface area contributed by atoms with Gasteiger partial charge in [-0.25, -0.2) is 0 Å². The quantitative estimate of drug-likeness (QED) is 0.468. The molecule has 1 aliphatic heterocycles. The van der Waals surface area contributed by atoms with Crippen LogP contribution in [0.4, 0.5) is 0 Å². The molecule has 0 N–H and O–H groups in total. The summed E-state index contributed by atoms with van der Waals surface area (Å²) in [6.45, 7) is 1.29. The Labute approximate surface area is 81.5 Å². The summed E-state index contributed by atoms with van der Waals surface area (Å²) in [4.78, 5) is 2.30. The summed E-state index contributed by atoms with van der Waals surface area (Å²) < 4.78 is 0. The molecule has 0 unspecified atom stereocenters. The summed E-state index contributed by atoms with van der Waals surface area (Å²) in [6, 6.07) is 0. The monoisotopic (exact) mass is 183 g/mol. The maximum atomic E-state index is 2.30. The average molecular weight is 183 g/mol. The van der Waals surface area contributed by atoms with Gasteiger partial charge in [-0.1, -0.05) is 35.1 Å². The molecule has 70 valence electrons. The highest BCUT2D eigenvalue weighted by atomic mass is 27.2. The Morgan fingerprint density at radius 2 is 1.75 bits per heavy atom. The van der Waals surface area contributed by atoms with Crippen molar-refractivity contribution < 1.29 is 0 Å². The predicted molar refractivity (Wildman–Crippen MR) is 57.2 cm³/mol. The Morgan fingerprint density at radius 1 is 1.08 bits per heavy atom. The van der Waals surface area contributed by atoms with Crippen LogP contribution in [0.25, 0.3) is 0 Å². The smallest absolute Gasteiger partial charge is 0.261 e. The standard InChI is InChI=1S/C6H14N.C4H8.Al/c1-4-5-6-7(2)3;1-3-4-2;/h1,4-6H2,2-3H3;1-4H2;. The first-order chi connectivity index (χ1) is 5.79. The molecule has 12 heavy (non-hydrogen) atoms. The Hall–Kier alpha value is 0.492. The van der Waals surface area contributed by atoms with Crippen molar-refractivity contribution in [2.75, 3.05) is 20.6 Å². The fourth-order valence-corrected chi connectivity index (χ4v) is 5.62. The molecule has 0 atom stereocenters. The lowest BCUT2D eigenvalue weighted by molar-refractivity contribution is 0.398. The first-order valence-electron chi connectivity index (χ1n) is 5.44. The number of unbranched alkanes of at least 4 members (excludes halogenated alkanes) is 1. The van der Waals surface area contributed by atoms with Gasteiger partial charge in [-0.2, -0.15) is 0 Å². The maximum Gasteiger partial charge on any atom is 0.261 e. The largest absolute Gasteiger partial charge is 0.309 e. The zero-order chi connectivity index (χ0) is 8.81. The number of rotatable bonds is 5. The van der Waals surface area contributed by atoms with Crippen molar-refractivity contribution in [3.05, 3.63) is 0 Å². The lowest BCUT2D eigenvalue weighted by Gasteiger charge is -2.09. The molecule has 0 aromatic carbocycles. The van der Waals surface area contributed by atoms with E-state index < -0.39 is 0 Å². The van der Waals surface area contributed by atoms with E-state index in [0.29, 0.717) is 0 Å². The molecule has 0 aromatic heterocycles. The van der Waals surface area contributed by atoms with Gasteiger partial charge in [0, 0.05) is 0 Å². The fraction of sp³-hybridized carbons (Fsp3) is 1.00. The van der Waals surface area contributed by atoms with Crippen LogP contribution < -0.4 is 0 Å². The molecule has 1 heterocycles. The van der Waals surface area contributed by atoms with E-state index in [0.717, 1.165) is 0 Å². The first kappa shape index (κ1) is 10.6. The van der Waals surface area contributed by atoms with E-state index >= 15 is 0 Å². The van der Waals surface area contributed by atoms with Crippen molar-refractivity contribution in [3.8, 4) is 0 Å². The van der Waals surface area contributed by atoms with Crippen LogP contribution in [0.15, 0.2) is 0 Å². The van der Waals surface area contributed by atoms with E-state index in [1.807, 2.05) is 0 Å². The van der Waals surface area contributed by atoms with Gasteiger partial charge in [0.05, 0.1) is 0 Å². The van der Waals surface area contributed by atoms with Crippen LogP contribution in [-0.4, -0.2) is 39.7 Å². The molecule has 1 nitrogen and oxygen atoms in total. The van der Waals surface area contributed by atoms with Crippen LogP contribution in [0.5, 0.6) is 0 Å². The molecule has 0 amide bonds. The average Bonchev–Trinajstić information content (AvgIpc) is 2.49. The summed E-state index contributed by atoms with van der Waals surface area (Å²) in [6.07, 6.45) is 6.06. The van der Waals surface area contributed by atoms with Gasteiger partial charge in [-0.3, -0.25) is 0 Å². The molecule has 0 aromatic rings. The molecular formula is C10H22AlN. The molecular weight excluding hydrogens is 161 g/mol. The minimum Gasteiger partial charge on any atom is -0.309 e. The molecule has 0 saturated carbocycles. The lowest BCUT2D eigenvalue weighted by atomic mass is 10.3. The first-order valence-corrected chi connectivity index (χ1v) is 7.88. The van der Waals surface area contributed by atoms with Gasteiger partial charge in [0.1, 0.15) is 0 Å². The SMILES string of the molecule is CN(C)CCC[CH2][Al]1[CH2]CC[CH2]1. The Bertz CT molecular complexity index is 108. The van der Waals surface area contributed by atoms with Crippen LogP contribution in [0.3, 0.4) is 0 Å². The number of hydrogen-bond donors (Lipinski definition) is 0. The summed E-state index contributed by atoms with van der Waals surface area (Å²) in [5.74, 6) is 0. The Morgan fingerprint density at radius 3 is 2.33 bits per heavy atom. The Kier molecular flexibility index (Phi) is 5.31. The van der Waals surface area contributed by atoms with Gasteiger partial charge in [0.2, 0.25) is 0 Å². The fourth-order valence-electron chi connectivity index (χ4n) is 2.16. The number of hydrogen-bond acceptors (Lipinski definition) is 1. The van der Waals surface area contributed by atoms with Crippen molar-refractivity contribution >= 4 is 14.1 Å². The normalized spacial score (nSPS) is 17.8. The van der Waals surface area contributed by atoms with Crippen LogP contribution in [0.2, 0.25) is 15.8 Å². The van der Waals surface area contributed by atoms with E-state index in [2.05, 4.69) is 19.0 Å². The third-order valence-corrected chi connectivity index (χ3v) is 6.62. The second-order valence-corrected chi connectivity index (χ2v) is 7.91. The highest BCUT2D eigenvalue weighted by molar-refractivity contribution is 6.59. The second-order valence-electron chi connectivity index (χ2n) is 4.45. The van der Waals surface area contributed by atoms with Gasteiger partial charge in [0.15, 0.2) is 0 Å². The molecule has 1 rings (SSSR count). The summed E-state index contributed by atoms with van der Waals surface area (Å²) in [7, 11) is 4.35. The zero-order valence-electron chi connectivity index (χ0n) is 8.68. The highest BCUT2D eigenvalue weighted by Crippen LogP contribution is 2.23. The van der Waals surface area contributed by atoms with Gasteiger partial charge in [-0.15, -0.1) is 0 Å². The third kappa shape index (κ3) is 4.50. The van der Waals surface area contributed by atoms with E-state index in [9.17, 15) is 0 Å². The van der Waals surface area contributed by atoms with Crippen molar-refractivity contribution in [3.63, 3.8) is 0 Å². The zero-order valence-corrected chi connectivity index (χ0v) is 9.84. The molecule has 1 fully saturated rings. The molecule has 0 bridgehead atoms. The van der Waals surface area contributed by atoms with E-state index in [1.165, 1.54) is 19.4 Å². The van der Waals surface area contributed by atoms with Gasteiger partial charge in [-0.05, 0) is 27.1 Å². The van der Waals surface area contributed by atoms with Crippen molar-refractivity contribution in [1.82, 2.24) is 4.90 Å². The summed E-state index contributed by atoms with van der Waals surface area (Å²) in [5, 5.41) is 4.94. The van der Waals surface area contributed by atoms with Gasteiger partial charge in [0.25, 0.3) is 14.1 Å². The molecule has 2 heteroatoms. The summed E-state index contributed by atoms with van der Waals surface area (Å²) >= 11 is -0.162. The number of nitrogens with zero attached hydrogens (tertiary/aromatic N) is 1. The van der Waals surface area contributed by atoms with E-state index in [1.54, 1.807) is 28.7 Å². The maximum absolute atomic E-state index is 2.30. The highest BCUT2D eigenvalue weighted by Gasteiger charge is 2.20. The van der Waals surface area contributed by atoms with E-state index in [4.69, 9.17) is 0 Å². The molecule has 0 aliphatic carbocycles.